The number of carbonyl (C=O) groups excluding carboxylic acids is 1. The lowest BCUT2D eigenvalue weighted by Crippen LogP contribution is -2.31. The van der Waals surface area contributed by atoms with Gasteiger partial charge in [0.15, 0.2) is 0 Å². The van der Waals surface area contributed by atoms with Gasteiger partial charge in [-0.2, -0.15) is 0 Å². The second kappa shape index (κ2) is 7.09. The number of hydrogen-bond donors (Lipinski definition) is 0. The molecular weight excluding hydrogens is 254 g/mol. The van der Waals surface area contributed by atoms with Crippen LogP contribution in [0.2, 0.25) is 0 Å². The Kier molecular flexibility index (Phi) is 6.08. The van der Waals surface area contributed by atoms with E-state index in [1.165, 1.54) is 7.11 Å². The summed E-state index contributed by atoms with van der Waals surface area (Å²) in [5.41, 5.74) is 0. The summed E-state index contributed by atoms with van der Waals surface area (Å²) < 4.78 is 30.1. The van der Waals surface area contributed by atoms with Crippen molar-refractivity contribution in [3.8, 4) is 0 Å². The first-order valence-electron chi connectivity index (χ1n) is 6.54. The van der Waals surface area contributed by atoms with Crippen LogP contribution in [0.3, 0.4) is 0 Å². The number of carbonyl (C=O) groups is 1. The topological polar surface area (TPSA) is 63.7 Å². The molecule has 1 rings (SSSR count). The van der Waals surface area contributed by atoms with Crippen molar-refractivity contribution in [3.05, 3.63) is 0 Å². The molecule has 1 atom stereocenters. The van der Waals surface area contributed by atoms with Gasteiger partial charge in [-0.3, -0.25) is 4.79 Å². The maximum Gasteiger partial charge on any atom is 0.305 e. The third-order valence-electron chi connectivity index (χ3n) is 3.35. The molecular formula is C12H23NO4S. The Morgan fingerprint density at radius 2 is 2.17 bits per heavy atom. The number of hydrogen-bond acceptors (Lipinski definition) is 4. The first-order valence-corrected chi connectivity index (χ1v) is 8.15. The molecule has 0 bridgehead atoms. The summed E-state index contributed by atoms with van der Waals surface area (Å²) in [6.07, 6.45) is 3.66. The predicted octanol–water partition coefficient (Wildman–Crippen LogP) is 1.39. The monoisotopic (exact) mass is 277 g/mol. The van der Waals surface area contributed by atoms with Gasteiger partial charge < -0.3 is 4.74 Å². The van der Waals surface area contributed by atoms with E-state index in [0.717, 1.165) is 19.3 Å². The van der Waals surface area contributed by atoms with Crippen LogP contribution in [0.5, 0.6) is 0 Å². The Morgan fingerprint density at radius 3 is 2.78 bits per heavy atom. The van der Waals surface area contributed by atoms with Gasteiger partial charge in [-0.1, -0.05) is 13.3 Å². The quantitative estimate of drug-likeness (QED) is 0.660. The summed E-state index contributed by atoms with van der Waals surface area (Å²) in [6.45, 7) is 3.40. The highest BCUT2D eigenvalue weighted by Crippen LogP contribution is 2.23. The third-order valence-corrected chi connectivity index (χ3v) is 5.27. The smallest absolute Gasteiger partial charge is 0.305 e. The van der Waals surface area contributed by atoms with Gasteiger partial charge >= 0.3 is 5.97 Å². The number of rotatable bonds is 7. The van der Waals surface area contributed by atoms with Crippen LogP contribution in [-0.2, 0) is 19.6 Å². The van der Waals surface area contributed by atoms with Gasteiger partial charge in [0.1, 0.15) is 0 Å². The van der Waals surface area contributed by atoms with Crippen molar-refractivity contribution in [2.45, 2.75) is 39.0 Å². The number of sulfonamides is 1. The van der Waals surface area contributed by atoms with Crippen LogP contribution in [-0.4, -0.2) is 44.6 Å². The SMILES string of the molecule is CCCC1CCN(S(=O)(=O)CCCC(=O)OC)C1. The molecule has 106 valence electrons. The van der Waals surface area contributed by atoms with E-state index in [-0.39, 0.29) is 18.1 Å². The van der Waals surface area contributed by atoms with Crippen LogP contribution in [0.4, 0.5) is 0 Å². The van der Waals surface area contributed by atoms with E-state index in [9.17, 15) is 13.2 Å². The van der Waals surface area contributed by atoms with Gasteiger partial charge in [0.2, 0.25) is 10.0 Å². The van der Waals surface area contributed by atoms with E-state index in [2.05, 4.69) is 11.7 Å². The molecule has 0 saturated carbocycles. The highest BCUT2D eigenvalue weighted by molar-refractivity contribution is 7.89. The average molecular weight is 277 g/mol. The number of nitrogens with zero attached hydrogens (tertiary/aromatic N) is 1. The Labute approximate surface area is 110 Å². The molecule has 0 spiro atoms. The standard InChI is InChI=1S/C12H23NO4S/c1-3-5-11-7-8-13(10-11)18(15,16)9-4-6-12(14)17-2/h11H,3-10H2,1-2H3. The van der Waals surface area contributed by atoms with Crippen molar-refractivity contribution in [2.75, 3.05) is 26.0 Å². The van der Waals surface area contributed by atoms with Crippen molar-refractivity contribution in [1.82, 2.24) is 4.31 Å². The van der Waals surface area contributed by atoms with Gasteiger partial charge in [-0.15, -0.1) is 0 Å². The molecule has 5 nitrogen and oxygen atoms in total. The van der Waals surface area contributed by atoms with Crippen LogP contribution in [0.25, 0.3) is 0 Å². The molecule has 0 aromatic rings. The van der Waals surface area contributed by atoms with E-state index >= 15 is 0 Å². The molecule has 1 unspecified atom stereocenters. The fourth-order valence-electron chi connectivity index (χ4n) is 2.32. The van der Waals surface area contributed by atoms with E-state index in [4.69, 9.17) is 0 Å². The van der Waals surface area contributed by atoms with Crippen LogP contribution in [0.1, 0.15) is 39.0 Å². The van der Waals surface area contributed by atoms with Gasteiger partial charge in [0.25, 0.3) is 0 Å². The van der Waals surface area contributed by atoms with Crippen molar-refractivity contribution in [1.29, 1.82) is 0 Å². The molecule has 1 aliphatic rings. The first-order chi connectivity index (χ1) is 8.49. The molecule has 18 heavy (non-hydrogen) atoms. The average Bonchev–Trinajstić information content (AvgIpc) is 2.78. The lowest BCUT2D eigenvalue weighted by atomic mass is 10.0. The molecule has 0 aromatic heterocycles. The molecule has 0 N–H and O–H groups in total. The van der Waals surface area contributed by atoms with Gasteiger partial charge in [-0.25, -0.2) is 12.7 Å². The van der Waals surface area contributed by atoms with Gasteiger partial charge in [0, 0.05) is 19.5 Å². The maximum absolute atomic E-state index is 12.0. The molecule has 0 aromatic carbocycles. The summed E-state index contributed by atoms with van der Waals surface area (Å²) >= 11 is 0. The van der Waals surface area contributed by atoms with E-state index in [0.29, 0.717) is 25.4 Å². The van der Waals surface area contributed by atoms with Crippen molar-refractivity contribution < 1.29 is 17.9 Å². The van der Waals surface area contributed by atoms with E-state index < -0.39 is 10.0 Å². The summed E-state index contributed by atoms with van der Waals surface area (Å²) in [7, 11) is -1.88. The largest absolute Gasteiger partial charge is 0.469 e. The minimum atomic E-state index is -3.19. The summed E-state index contributed by atoms with van der Waals surface area (Å²) in [5, 5.41) is 0. The number of ether oxygens (including phenoxy) is 1. The van der Waals surface area contributed by atoms with Crippen LogP contribution in [0.15, 0.2) is 0 Å². The highest BCUT2D eigenvalue weighted by atomic mass is 32.2. The van der Waals surface area contributed by atoms with Gasteiger partial charge in [0.05, 0.1) is 12.9 Å². The Morgan fingerprint density at radius 1 is 1.44 bits per heavy atom. The zero-order valence-corrected chi connectivity index (χ0v) is 12.0. The molecule has 0 aliphatic carbocycles. The lowest BCUT2D eigenvalue weighted by Gasteiger charge is -2.16. The third kappa shape index (κ3) is 4.57. The Balaban J connectivity index is 2.38. The zero-order chi connectivity index (χ0) is 13.6. The van der Waals surface area contributed by atoms with Crippen LogP contribution < -0.4 is 0 Å². The van der Waals surface area contributed by atoms with Crippen LogP contribution >= 0.6 is 0 Å². The molecule has 1 heterocycles. The fraction of sp³-hybridized carbons (Fsp3) is 0.917. The summed E-state index contributed by atoms with van der Waals surface area (Å²) in [5.74, 6) is 0.196. The maximum atomic E-state index is 12.0. The Hall–Kier alpha value is -0.620. The van der Waals surface area contributed by atoms with E-state index in [1.54, 1.807) is 4.31 Å². The fourth-order valence-corrected chi connectivity index (χ4v) is 3.91. The number of methoxy groups -OCH3 is 1. The minimum absolute atomic E-state index is 0.0426. The van der Waals surface area contributed by atoms with Gasteiger partial charge in [-0.05, 0) is 25.2 Å². The predicted molar refractivity (Wildman–Crippen MR) is 69.6 cm³/mol. The van der Waals surface area contributed by atoms with Crippen LogP contribution in [0, 0.1) is 5.92 Å². The second-order valence-corrected chi connectivity index (χ2v) is 6.89. The van der Waals surface area contributed by atoms with Crippen molar-refractivity contribution in [2.24, 2.45) is 5.92 Å². The number of esters is 1. The molecule has 1 fully saturated rings. The van der Waals surface area contributed by atoms with Crippen molar-refractivity contribution >= 4 is 16.0 Å². The zero-order valence-electron chi connectivity index (χ0n) is 11.2. The molecule has 0 radical (unpaired) electrons. The van der Waals surface area contributed by atoms with E-state index in [1.807, 2.05) is 0 Å². The first kappa shape index (κ1) is 15.4. The summed E-state index contributed by atoms with van der Waals surface area (Å²) in [6, 6.07) is 0. The Bertz CT molecular complexity index is 366. The minimum Gasteiger partial charge on any atom is -0.469 e. The molecule has 1 aliphatic heterocycles. The molecule has 1 saturated heterocycles. The summed E-state index contributed by atoms with van der Waals surface area (Å²) in [4.78, 5) is 10.9. The van der Waals surface area contributed by atoms with Crippen molar-refractivity contribution in [3.63, 3.8) is 0 Å². The highest BCUT2D eigenvalue weighted by Gasteiger charge is 2.30. The normalized spacial score (nSPS) is 21.1. The second-order valence-electron chi connectivity index (χ2n) is 4.80. The lowest BCUT2D eigenvalue weighted by molar-refractivity contribution is -0.140. The molecule has 6 heteroatoms. The molecule has 0 amide bonds.